The minimum absolute atomic E-state index is 0.0673. The molecule has 6 heteroatoms. The van der Waals surface area contributed by atoms with Crippen LogP contribution in [0.5, 0.6) is 5.75 Å². The number of hydrogen-bond acceptors (Lipinski definition) is 3. The van der Waals surface area contributed by atoms with Crippen LogP contribution in [0.3, 0.4) is 0 Å². The second kappa shape index (κ2) is 5.78. The number of benzene rings is 1. The van der Waals surface area contributed by atoms with Gasteiger partial charge >= 0.3 is 0 Å². The van der Waals surface area contributed by atoms with Crippen molar-refractivity contribution in [2.45, 2.75) is 38.2 Å². The molecule has 3 nitrogen and oxygen atoms in total. The van der Waals surface area contributed by atoms with Gasteiger partial charge in [-0.1, -0.05) is 18.5 Å². The SMILES string of the molecule is CC1CCCN=C1c1cc(F)c(OCC2(O)CC2)c(Cl)c1F. The highest BCUT2D eigenvalue weighted by Gasteiger charge is 2.41. The van der Waals surface area contributed by atoms with Crippen molar-refractivity contribution in [2.24, 2.45) is 10.9 Å². The van der Waals surface area contributed by atoms with Crippen molar-refractivity contribution in [3.63, 3.8) is 0 Å². The van der Waals surface area contributed by atoms with Gasteiger partial charge in [0.05, 0.1) is 5.60 Å². The summed E-state index contributed by atoms with van der Waals surface area (Å²) < 4.78 is 34.0. The Kier molecular flexibility index (Phi) is 4.12. The Morgan fingerprint density at radius 1 is 1.45 bits per heavy atom. The van der Waals surface area contributed by atoms with Crippen LogP contribution in [0.2, 0.25) is 5.02 Å². The molecule has 1 atom stereocenters. The summed E-state index contributed by atoms with van der Waals surface area (Å²) in [4.78, 5) is 4.32. The minimum atomic E-state index is -0.924. The Hall–Kier alpha value is -1.20. The molecule has 3 rings (SSSR count). The summed E-state index contributed by atoms with van der Waals surface area (Å²) in [5, 5.41) is 9.34. The number of aliphatic hydroxyl groups is 1. The number of halogens is 3. The van der Waals surface area contributed by atoms with Gasteiger partial charge in [0, 0.05) is 17.8 Å². The predicted octanol–water partition coefficient (Wildman–Crippen LogP) is 3.74. The van der Waals surface area contributed by atoms with E-state index in [4.69, 9.17) is 16.3 Å². The van der Waals surface area contributed by atoms with E-state index in [0.29, 0.717) is 25.1 Å². The van der Waals surface area contributed by atoms with Crippen LogP contribution < -0.4 is 4.74 Å². The average Bonchev–Trinajstić information content (AvgIpc) is 3.21. The van der Waals surface area contributed by atoms with Crippen molar-refractivity contribution >= 4 is 17.3 Å². The van der Waals surface area contributed by atoms with Gasteiger partial charge in [0.2, 0.25) is 0 Å². The third-order valence-corrected chi connectivity index (χ3v) is 4.59. The lowest BCUT2D eigenvalue weighted by Crippen LogP contribution is -2.21. The van der Waals surface area contributed by atoms with Crippen LogP contribution in [0.1, 0.15) is 38.2 Å². The van der Waals surface area contributed by atoms with Gasteiger partial charge in [-0.05, 0) is 37.7 Å². The van der Waals surface area contributed by atoms with Crippen molar-refractivity contribution < 1.29 is 18.6 Å². The molecule has 1 aliphatic heterocycles. The molecule has 1 N–H and O–H groups in total. The van der Waals surface area contributed by atoms with Gasteiger partial charge in [-0.25, -0.2) is 8.78 Å². The van der Waals surface area contributed by atoms with E-state index in [-0.39, 0.29) is 28.9 Å². The number of ether oxygens (including phenoxy) is 1. The molecule has 1 unspecified atom stereocenters. The highest BCUT2D eigenvalue weighted by molar-refractivity contribution is 6.32. The largest absolute Gasteiger partial charge is 0.486 e. The maximum Gasteiger partial charge on any atom is 0.176 e. The summed E-state index contributed by atoms with van der Waals surface area (Å²) in [5.41, 5.74) is -0.267. The molecule has 1 aliphatic carbocycles. The Labute approximate surface area is 133 Å². The molecule has 1 aromatic carbocycles. The number of aliphatic imine (C=N–C) groups is 1. The van der Waals surface area contributed by atoms with Crippen molar-refractivity contribution in [1.29, 1.82) is 0 Å². The quantitative estimate of drug-likeness (QED) is 0.855. The highest BCUT2D eigenvalue weighted by atomic mass is 35.5. The second-order valence-electron chi connectivity index (χ2n) is 6.19. The number of rotatable bonds is 4. The molecule has 0 amide bonds. The normalized spacial score (nSPS) is 23.1. The van der Waals surface area contributed by atoms with E-state index < -0.39 is 17.2 Å². The predicted molar refractivity (Wildman–Crippen MR) is 80.8 cm³/mol. The first-order valence-electron chi connectivity index (χ1n) is 7.49. The van der Waals surface area contributed by atoms with Crippen LogP contribution in [-0.4, -0.2) is 29.6 Å². The summed E-state index contributed by atoms with van der Waals surface area (Å²) >= 11 is 5.94. The highest BCUT2D eigenvalue weighted by Crippen LogP contribution is 2.39. The first kappa shape index (κ1) is 15.7. The molecule has 120 valence electrons. The lowest BCUT2D eigenvalue weighted by atomic mass is 9.91. The average molecular weight is 330 g/mol. The van der Waals surface area contributed by atoms with E-state index in [2.05, 4.69) is 4.99 Å². The van der Waals surface area contributed by atoms with Crippen LogP contribution in [0.25, 0.3) is 0 Å². The number of hydrogen-bond donors (Lipinski definition) is 1. The monoisotopic (exact) mass is 329 g/mol. The smallest absolute Gasteiger partial charge is 0.176 e. The summed E-state index contributed by atoms with van der Waals surface area (Å²) in [7, 11) is 0. The van der Waals surface area contributed by atoms with E-state index >= 15 is 0 Å². The summed E-state index contributed by atoms with van der Waals surface area (Å²) in [6.07, 6.45) is 3.04. The van der Waals surface area contributed by atoms with E-state index in [1.165, 1.54) is 0 Å². The zero-order chi connectivity index (χ0) is 15.9. The molecule has 0 bridgehead atoms. The fraction of sp³-hybridized carbons (Fsp3) is 0.562. The third-order valence-electron chi connectivity index (χ3n) is 4.25. The fourth-order valence-corrected chi connectivity index (χ4v) is 2.88. The first-order valence-corrected chi connectivity index (χ1v) is 7.86. The van der Waals surface area contributed by atoms with Crippen LogP contribution >= 0.6 is 11.6 Å². The third kappa shape index (κ3) is 2.97. The second-order valence-corrected chi connectivity index (χ2v) is 6.56. The van der Waals surface area contributed by atoms with E-state index in [9.17, 15) is 13.9 Å². The Morgan fingerprint density at radius 2 is 2.18 bits per heavy atom. The van der Waals surface area contributed by atoms with Gasteiger partial charge in [-0.2, -0.15) is 0 Å². The van der Waals surface area contributed by atoms with Gasteiger partial charge in [-0.15, -0.1) is 0 Å². The van der Waals surface area contributed by atoms with Gasteiger partial charge in [-0.3, -0.25) is 4.99 Å². The zero-order valence-corrected chi connectivity index (χ0v) is 13.1. The molecule has 1 saturated carbocycles. The van der Waals surface area contributed by atoms with E-state index in [1.807, 2.05) is 6.92 Å². The Balaban J connectivity index is 1.92. The molecule has 0 aromatic heterocycles. The standard InChI is InChI=1S/C16H18ClF2NO2/c1-9-3-2-6-20-14(9)10-7-11(18)15(12(17)13(10)19)22-8-16(21)4-5-16/h7,9,21H,2-6,8H2,1H3. The van der Waals surface area contributed by atoms with Gasteiger partial charge < -0.3 is 9.84 Å². The topological polar surface area (TPSA) is 41.8 Å². The summed E-state index contributed by atoms with van der Waals surface area (Å²) in [5.74, 6) is -1.72. The minimum Gasteiger partial charge on any atom is -0.486 e. The molecule has 1 aromatic rings. The molecule has 1 fully saturated rings. The maximum absolute atomic E-state index is 14.5. The van der Waals surface area contributed by atoms with Crippen molar-refractivity contribution in [1.82, 2.24) is 0 Å². The van der Waals surface area contributed by atoms with Crippen LogP contribution in [-0.2, 0) is 0 Å². The molecular weight excluding hydrogens is 312 g/mol. The van der Waals surface area contributed by atoms with Crippen molar-refractivity contribution in [2.75, 3.05) is 13.2 Å². The maximum atomic E-state index is 14.5. The fourth-order valence-electron chi connectivity index (χ4n) is 2.63. The molecule has 22 heavy (non-hydrogen) atoms. The van der Waals surface area contributed by atoms with E-state index in [1.54, 1.807) is 0 Å². The van der Waals surface area contributed by atoms with Crippen LogP contribution in [0.4, 0.5) is 8.78 Å². The molecule has 1 heterocycles. The zero-order valence-electron chi connectivity index (χ0n) is 12.3. The number of nitrogens with zero attached hydrogens (tertiary/aromatic N) is 1. The lowest BCUT2D eigenvalue weighted by Gasteiger charge is -2.21. The Morgan fingerprint density at radius 3 is 2.82 bits per heavy atom. The lowest BCUT2D eigenvalue weighted by molar-refractivity contribution is 0.0835. The molecule has 0 radical (unpaired) electrons. The van der Waals surface area contributed by atoms with Crippen molar-refractivity contribution in [3.05, 3.63) is 28.3 Å². The molecule has 2 aliphatic rings. The molecule has 0 spiro atoms. The summed E-state index contributed by atoms with van der Waals surface area (Å²) in [6, 6.07) is 1.09. The van der Waals surface area contributed by atoms with Gasteiger partial charge in [0.1, 0.15) is 11.6 Å². The Bertz CT molecular complexity index is 629. The summed E-state index contributed by atoms with van der Waals surface area (Å²) in [6.45, 7) is 2.47. The molecule has 0 saturated heterocycles. The van der Waals surface area contributed by atoms with Gasteiger partial charge in [0.15, 0.2) is 17.4 Å². The first-order chi connectivity index (χ1) is 10.4. The van der Waals surface area contributed by atoms with Crippen LogP contribution in [0.15, 0.2) is 11.1 Å². The van der Waals surface area contributed by atoms with Crippen LogP contribution in [0, 0.1) is 17.6 Å². The van der Waals surface area contributed by atoms with E-state index in [0.717, 1.165) is 18.9 Å². The van der Waals surface area contributed by atoms with Crippen molar-refractivity contribution in [3.8, 4) is 5.75 Å². The molecular formula is C16H18ClF2NO2. The van der Waals surface area contributed by atoms with Gasteiger partial charge in [0.25, 0.3) is 0 Å².